The maximum atomic E-state index is 13.3. The van der Waals surface area contributed by atoms with E-state index < -0.39 is 13.9 Å². The summed E-state index contributed by atoms with van der Waals surface area (Å²) in [7, 11) is -4.52. The van der Waals surface area contributed by atoms with Gasteiger partial charge < -0.3 is 30.1 Å². The highest BCUT2D eigenvalue weighted by molar-refractivity contribution is 7.46. The van der Waals surface area contributed by atoms with E-state index in [0.29, 0.717) is 56.2 Å². The molecule has 5 rings (SSSR count). The van der Waals surface area contributed by atoms with Gasteiger partial charge in [0.15, 0.2) is 0 Å². The molecular weight excluding hydrogens is 509 g/mol. The average molecular weight is 546 g/mol. The molecule has 38 heavy (non-hydrogen) atoms. The smallest absolute Gasteiger partial charge is 0.469 e. The topological polar surface area (TPSA) is 146 Å². The lowest BCUT2D eigenvalue weighted by atomic mass is 9.93. The zero-order valence-electron chi connectivity index (χ0n) is 21.8. The zero-order chi connectivity index (χ0) is 26.9. The third-order valence-electron chi connectivity index (χ3n) is 7.58. The summed E-state index contributed by atoms with van der Waals surface area (Å²) in [6.07, 6.45) is 4.43. The summed E-state index contributed by atoms with van der Waals surface area (Å²) in [5.41, 5.74) is 2.46. The van der Waals surface area contributed by atoms with Crippen LogP contribution in [0.5, 0.6) is 5.75 Å². The molecule has 2 saturated carbocycles. The molecule has 0 spiro atoms. The summed E-state index contributed by atoms with van der Waals surface area (Å²) in [6.45, 7) is 6.97. The molecule has 4 N–H and O–H groups in total. The third kappa shape index (κ3) is 6.64. The van der Waals surface area contributed by atoms with Gasteiger partial charge in [-0.25, -0.2) is 9.55 Å². The van der Waals surface area contributed by atoms with Crippen LogP contribution < -0.4 is 20.3 Å². The minimum absolute atomic E-state index is 0.119. The van der Waals surface area contributed by atoms with Crippen LogP contribution in [0.1, 0.15) is 60.5 Å². The van der Waals surface area contributed by atoms with E-state index in [9.17, 15) is 9.36 Å². The van der Waals surface area contributed by atoms with Crippen LogP contribution in [-0.2, 0) is 15.6 Å². The molecule has 2 heterocycles. The number of benzene rings is 1. The summed E-state index contributed by atoms with van der Waals surface area (Å²) >= 11 is 0. The van der Waals surface area contributed by atoms with Gasteiger partial charge in [-0.05, 0) is 75.0 Å². The van der Waals surface area contributed by atoms with Crippen LogP contribution >= 0.6 is 7.82 Å². The maximum absolute atomic E-state index is 13.3. The van der Waals surface area contributed by atoms with Crippen molar-refractivity contribution in [1.29, 1.82) is 0 Å². The lowest BCUT2D eigenvalue weighted by molar-refractivity contribution is 0.0820. The largest absolute Gasteiger partial charge is 0.494 e. The Hall–Kier alpha value is -2.72. The number of rotatable bonds is 10. The molecule has 11 nitrogen and oxygen atoms in total. The minimum atomic E-state index is -4.52. The zero-order valence-corrected chi connectivity index (χ0v) is 22.7. The molecule has 1 aliphatic heterocycles. The van der Waals surface area contributed by atoms with Crippen molar-refractivity contribution in [3.63, 3.8) is 0 Å². The van der Waals surface area contributed by atoms with E-state index in [4.69, 9.17) is 24.0 Å². The number of carbonyl (C=O) groups is 1. The number of fused-ring (bicyclic) bond motifs is 1. The Balaban J connectivity index is 1.27. The molecule has 2 aliphatic carbocycles. The van der Waals surface area contributed by atoms with Gasteiger partial charge in [0.05, 0.1) is 12.7 Å². The minimum Gasteiger partial charge on any atom is -0.494 e. The predicted octanol–water partition coefficient (Wildman–Crippen LogP) is 3.40. The Morgan fingerprint density at radius 1 is 1.18 bits per heavy atom. The van der Waals surface area contributed by atoms with Crippen molar-refractivity contribution in [2.75, 3.05) is 29.9 Å². The number of anilines is 2. The van der Waals surface area contributed by atoms with Gasteiger partial charge in [0, 0.05) is 31.9 Å². The predicted molar refractivity (Wildman–Crippen MR) is 142 cm³/mol. The molecule has 3 fully saturated rings. The number of aromatic nitrogens is 2. The fraction of sp³-hybridized carbons (Fsp3) is 0.577. The number of hydrogen-bond donors (Lipinski definition) is 4. The Morgan fingerprint density at radius 2 is 1.92 bits per heavy atom. The van der Waals surface area contributed by atoms with Gasteiger partial charge in [-0.15, -0.1) is 0 Å². The first-order valence-electron chi connectivity index (χ1n) is 13.3. The molecule has 2 unspecified atom stereocenters. The summed E-state index contributed by atoms with van der Waals surface area (Å²) in [4.78, 5) is 42.9. The van der Waals surface area contributed by atoms with Crippen LogP contribution in [0.2, 0.25) is 0 Å². The lowest BCUT2D eigenvalue weighted by Crippen LogP contribution is -2.39. The highest BCUT2D eigenvalue weighted by Crippen LogP contribution is 2.45. The van der Waals surface area contributed by atoms with Gasteiger partial charge >= 0.3 is 7.82 Å². The van der Waals surface area contributed by atoms with Crippen molar-refractivity contribution >= 4 is 25.5 Å². The SMILES string of the molecule is CCOc1ccc(CNc2nc(N3CC4CC4C3)ncc2C(=O)NC2CCC(OP(=O)(O)O)CC2)cc1C. The van der Waals surface area contributed by atoms with Crippen molar-refractivity contribution in [2.24, 2.45) is 11.8 Å². The molecule has 1 amide bonds. The van der Waals surface area contributed by atoms with E-state index in [1.807, 2.05) is 26.0 Å². The second-order valence-electron chi connectivity index (χ2n) is 10.5. The van der Waals surface area contributed by atoms with Crippen LogP contribution in [0.4, 0.5) is 11.8 Å². The number of phosphoric ester groups is 1. The van der Waals surface area contributed by atoms with E-state index in [1.54, 1.807) is 6.20 Å². The number of ether oxygens (including phenoxy) is 1. The number of hydrogen-bond acceptors (Lipinski definition) is 8. The van der Waals surface area contributed by atoms with Gasteiger partial charge in [0.2, 0.25) is 5.95 Å². The van der Waals surface area contributed by atoms with E-state index in [0.717, 1.165) is 41.8 Å². The van der Waals surface area contributed by atoms with Crippen LogP contribution in [0.3, 0.4) is 0 Å². The number of phosphoric acid groups is 1. The maximum Gasteiger partial charge on any atom is 0.469 e. The highest BCUT2D eigenvalue weighted by Gasteiger charge is 2.46. The van der Waals surface area contributed by atoms with Gasteiger partial charge in [0.1, 0.15) is 17.1 Å². The van der Waals surface area contributed by atoms with Crippen LogP contribution in [0.25, 0.3) is 0 Å². The van der Waals surface area contributed by atoms with E-state index in [1.165, 1.54) is 6.42 Å². The van der Waals surface area contributed by atoms with Crippen LogP contribution in [0.15, 0.2) is 24.4 Å². The van der Waals surface area contributed by atoms with Gasteiger partial charge in [-0.3, -0.25) is 9.32 Å². The van der Waals surface area contributed by atoms with Crippen LogP contribution in [-0.4, -0.2) is 57.5 Å². The number of piperidine rings is 1. The fourth-order valence-electron chi connectivity index (χ4n) is 5.48. The number of nitrogens with zero attached hydrogens (tertiary/aromatic N) is 3. The first kappa shape index (κ1) is 26.9. The average Bonchev–Trinajstić information content (AvgIpc) is 3.49. The lowest BCUT2D eigenvalue weighted by Gasteiger charge is -2.29. The van der Waals surface area contributed by atoms with Crippen molar-refractivity contribution in [1.82, 2.24) is 15.3 Å². The molecule has 2 atom stereocenters. The van der Waals surface area contributed by atoms with Crippen LogP contribution in [0, 0.1) is 18.8 Å². The summed E-state index contributed by atoms with van der Waals surface area (Å²) in [5.74, 6) is 3.16. The third-order valence-corrected chi connectivity index (χ3v) is 8.15. The van der Waals surface area contributed by atoms with Crippen molar-refractivity contribution < 1.29 is 28.4 Å². The van der Waals surface area contributed by atoms with E-state index in [-0.39, 0.29) is 11.9 Å². The molecule has 12 heteroatoms. The summed E-state index contributed by atoms with van der Waals surface area (Å²) in [5, 5.41) is 6.41. The second-order valence-corrected chi connectivity index (χ2v) is 11.7. The molecular formula is C26H36N5O6P. The quantitative estimate of drug-likeness (QED) is 0.328. The number of nitrogens with one attached hydrogen (secondary N) is 2. The first-order chi connectivity index (χ1) is 18.2. The molecule has 0 bridgehead atoms. The number of aryl methyl sites for hydroxylation is 1. The normalized spacial score (nSPS) is 24.6. The first-order valence-corrected chi connectivity index (χ1v) is 14.8. The number of carbonyl (C=O) groups excluding carboxylic acids is 1. The Morgan fingerprint density at radius 3 is 2.58 bits per heavy atom. The van der Waals surface area contributed by atoms with Gasteiger partial charge in [-0.2, -0.15) is 4.98 Å². The fourth-order valence-corrected chi connectivity index (χ4v) is 6.08. The molecule has 0 radical (unpaired) electrons. The Bertz CT molecular complexity index is 1200. The monoisotopic (exact) mass is 545 g/mol. The molecule has 206 valence electrons. The Kier molecular flexibility index (Phi) is 7.90. The van der Waals surface area contributed by atoms with Gasteiger partial charge in [0.25, 0.3) is 5.91 Å². The van der Waals surface area contributed by atoms with Crippen molar-refractivity contribution in [2.45, 2.75) is 64.6 Å². The standard InChI is InChI=1S/C26H36N5O6P/c1-3-36-23-9-4-17(10-16(23)2)12-27-24-22(13-28-26(30-24)31-14-18-11-19(18)15-31)25(32)29-20-5-7-21(8-6-20)37-38(33,34)35/h4,9-10,13,18-21H,3,5-8,11-12,14-15H2,1-2H3,(H,29,32)(H,27,28,30)(H2,33,34,35). The van der Waals surface area contributed by atoms with Crippen molar-refractivity contribution in [3.8, 4) is 5.75 Å². The second kappa shape index (κ2) is 11.2. The van der Waals surface area contributed by atoms with Gasteiger partial charge in [-0.1, -0.05) is 12.1 Å². The van der Waals surface area contributed by atoms with E-state index in [2.05, 4.69) is 26.6 Å². The highest BCUT2D eigenvalue weighted by atomic mass is 31.2. The summed E-state index contributed by atoms with van der Waals surface area (Å²) in [6, 6.07) is 5.90. The molecule has 3 aliphatic rings. The molecule has 1 aromatic heterocycles. The van der Waals surface area contributed by atoms with E-state index >= 15 is 0 Å². The van der Waals surface area contributed by atoms with Crippen molar-refractivity contribution in [3.05, 3.63) is 41.1 Å². The number of amides is 1. The Labute approximate surface area is 222 Å². The summed E-state index contributed by atoms with van der Waals surface area (Å²) < 4.78 is 21.6. The molecule has 1 saturated heterocycles. The molecule has 1 aromatic carbocycles. The molecule has 2 aromatic rings.